The van der Waals surface area contributed by atoms with Gasteiger partial charge in [-0.15, -0.1) is 0 Å². The molecule has 2 atom stereocenters. The van der Waals surface area contributed by atoms with E-state index in [9.17, 15) is 14.4 Å². The van der Waals surface area contributed by atoms with Crippen LogP contribution in [0.3, 0.4) is 0 Å². The van der Waals surface area contributed by atoms with Gasteiger partial charge < -0.3 is 20.3 Å². The van der Waals surface area contributed by atoms with Crippen molar-refractivity contribution >= 4 is 17.8 Å². The average molecular weight is 261 g/mol. The Morgan fingerprint density at radius 3 is 2.22 bits per heavy atom. The van der Waals surface area contributed by atoms with Crippen LogP contribution in [-0.4, -0.2) is 47.3 Å². The molecular formula is C11H19NO6. The fourth-order valence-electron chi connectivity index (χ4n) is 1.24. The Hall–Kier alpha value is -1.63. The summed E-state index contributed by atoms with van der Waals surface area (Å²) in [5.74, 6) is -2.75. The van der Waals surface area contributed by atoms with Crippen molar-refractivity contribution in [3.05, 3.63) is 0 Å². The molecular weight excluding hydrogens is 242 g/mol. The fraction of sp³-hybridized carbons (Fsp3) is 0.727. The van der Waals surface area contributed by atoms with Crippen molar-refractivity contribution in [2.24, 2.45) is 0 Å². The lowest BCUT2D eigenvalue weighted by Crippen LogP contribution is -2.41. The van der Waals surface area contributed by atoms with E-state index in [-0.39, 0.29) is 25.4 Å². The summed E-state index contributed by atoms with van der Waals surface area (Å²) in [6.45, 7) is 1.80. The summed E-state index contributed by atoms with van der Waals surface area (Å²) in [6.07, 6.45) is 0.111. The number of carbonyl (C=O) groups is 3. The minimum absolute atomic E-state index is 0.0851. The van der Waals surface area contributed by atoms with Gasteiger partial charge in [-0.2, -0.15) is 0 Å². The predicted molar refractivity (Wildman–Crippen MR) is 62.1 cm³/mol. The minimum atomic E-state index is -1.23. The van der Waals surface area contributed by atoms with E-state index >= 15 is 0 Å². The summed E-state index contributed by atoms with van der Waals surface area (Å²) in [5, 5.41) is 19.6. The van der Waals surface area contributed by atoms with Crippen LogP contribution in [0.25, 0.3) is 0 Å². The van der Waals surface area contributed by atoms with Crippen molar-refractivity contribution in [3.63, 3.8) is 0 Å². The van der Waals surface area contributed by atoms with Gasteiger partial charge in [0.05, 0.1) is 6.10 Å². The summed E-state index contributed by atoms with van der Waals surface area (Å²) in [4.78, 5) is 32.6. The predicted octanol–water partition coefficient (Wildman–Crippen LogP) is 0.236. The van der Waals surface area contributed by atoms with Crippen LogP contribution >= 0.6 is 0 Å². The average Bonchev–Trinajstić information content (AvgIpc) is 2.30. The molecule has 0 rings (SSSR count). The molecule has 0 bridgehead atoms. The van der Waals surface area contributed by atoms with E-state index in [1.165, 1.54) is 7.11 Å². The second kappa shape index (κ2) is 8.46. The summed E-state index contributed by atoms with van der Waals surface area (Å²) >= 11 is 0. The molecule has 0 heterocycles. The second-order valence-corrected chi connectivity index (χ2v) is 3.98. The molecule has 0 aromatic rings. The van der Waals surface area contributed by atoms with Crippen molar-refractivity contribution in [1.82, 2.24) is 5.32 Å². The van der Waals surface area contributed by atoms with Crippen LogP contribution < -0.4 is 5.32 Å². The van der Waals surface area contributed by atoms with Crippen molar-refractivity contribution in [3.8, 4) is 0 Å². The third-order valence-corrected chi connectivity index (χ3v) is 2.46. The fourth-order valence-corrected chi connectivity index (χ4v) is 1.24. The lowest BCUT2D eigenvalue weighted by atomic mass is 10.1. The summed E-state index contributed by atoms with van der Waals surface area (Å²) in [6, 6.07) is -1.16. The highest BCUT2D eigenvalue weighted by Crippen LogP contribution is 2.02. The zero-order chi connectivity index (χ0) is 14.1. The number of hydrogen-bond acceptors (Lipinski definition) is 4. The van der Waals surface area contributed by atoms with Gasteiger partial charge in [-0.25, -0.2) is 4.79 Å². The topological polar surface area (TPSA) is 113 Å². The maximum atomic E-state index is 11.4. The number of nitrogens with one attached hydrogen (secondary N) is 1. The van der Waals surface area contributed by atoms with Crippen molar-refractivity contribution in [2.45, 2.75) is 44.8 Å². The lowest BCUT2D eigenvalue weighted by Gasteiger charge is -2.14. The zero-order valence-corrected chi connectivity index (χ0v) is 10.5. The zero-order valence-electron chi connectivity index (χ0n) is 10.5. The van der Waals surface area contributed by atoms with E-state index < -0.39 is 23.9 Å². The molecule has 0 saturated heterocycles. The Labute approximate surface area is 105 Å². The van der Waals surface area contributed by atoms with Gasteiger partial charge in [-0.1, -0.05) is 0 Å². The number of carbonyl (C=O) groups excluding carboxylic acids is 1. The van der Waals surface area contributed by atoms with E-state index in [2.05, 4.69) is 5.32 Å². The highest BCUT2D eigenvalue weighted by atomic mass is 16.5. The molecule has 0 aliphatic heterocycles. The molecule has 0 aliphatic carbocycles. The Morgan fingerprint density at radius 2 is 1.78 bits per heavy atom. The smallest absolute Gasteiger partial charge is 0.326 e. The SMILES string of the molecule is COC(C)CCC(=O)NC(CCC(=O)O)C(=O)O. The number of amides is 1. The van der Waals surface area contributed by atoms with E-state index in [4.69, 9.17) is 14.9 Å². The first-order chi connectivity index (χ1) is 8.36. The Bertz CT molecular complexity index is 304. The molecule has 0 fully saturated rings. The quantitative estimate of drug-likeness (QED) is 0.548. The first-order valence-electron chi connectivity index (χ1n) is 5.63. The Kier molecular flexibility index (Phi) is 7.69. The molecule has 0 aliphatic rings. The molecule has 7 nitrogen and oxygen atoms in total. The molecule has 18 heavy (non-hydrogen) atoms. The van der Waals surface area contributed by atoms with Gasteiger partial charge in [0.25, 0.3) is 0 Å². The molecule has 0 radical (unpaired) electrons. The van der Waals surface area contributed by atoms with Gasteiger partial charge in [0.2, 0.25) is 5.91 Å². The maximum absolute atomic E-state index is 11.4. The van der Waals surface area contributed by atoms with E-state index in [0.29, 0.717) is 6.42 Å². The van der Waals surface area contributed by atoms with Gasteiger partial charge in [-0.3, -0.25) is 9.59 Å². The van der Waals surface area contributed by atoms with Crippen molar-refractivity contribution in [2.75, 3.05) is 7.11 Å². The highest BCUT2D eigenvalue weighted by molar-refractivity contribution is 5.83. The van der Waals surface area contributed by atoms with Crippen molar-refractivity contribution in [1.29, 1.82) is 0 Å². The number of hydrogen-bond donors (Lipinski definition) is 3. The molecule has 3 N–H and O–H groups in total. The Morgan fingerprint density at radius 1 is 1.17 bits per heavy atom. The normalized spacial score (nSPS) is 13.7. The number of aliphatic carboxylic acids is 2. The molecule has 104 valence electrons. The number of carboxylic acids is 2. The number of carboxylic acid groups (broad SMARTS) is 2. The maximum Gasteiger partial charge on any atom is 0.326 e. The van der Waals surface area contributed by atoms with E-state index in [1.54, 1.807) is 6.92 Å². The summed E-state index contributed by atoms with van der Waals surface area (Å²) < 4.78 is 4.96. The van der Waals surface area contributed by atoms with Crippen LogP contribution in [0.1, 0.15) is 32.6 Å². The first-order valence-corrected chi connectivity index (χ1v) is 5.63. The van der Waals surface area contributed by atoms with Crippen LogP contribution in [0.4, 0.5) is 0 Å². The molecule has 7 heteroatoms. The van der Waals surface area contributed by atoms with Crippen molar-refractivity contribution < 1.29 is 29.3 Å². The van der Waals surface area contributed by atoms with Gasteiger partial charge in [0, 0.05) is 20.0 Å². The first kappa shape index (κ1) is 16.4. The van der Waals surface area contributed by atoms with E-state index in [1.807, 2.05) is 0 Å². The van der Waals surface area contributed by atoms with Gasteiger partial charge in [-0.05, 0) is 19.8 Å². The largest absolute Gasteiger partial charge is 0.481 e. The second-order valence-electron chi connectivity index (χ2n) is 3.98. The van der Waals surface area contributed by atoms with Crippen LogP contribution in [0, 0.1) is 0 Å². The highest BCUT2D eigenvalue weighted by Gasteiger charge is 2.20. The van der Waals surface area contributed by atoms with Gasteiger partial charge in [0.15, 0.2) is 0 Å². The van der Waals surface area contributed by atoms with Gasteiger partial charge in [0.1, 0.15) is 6.04 Å². The molecule has 0 spiro atoms. The molecule has 0 aromatic heterocycles. The number of methoxy groups -OCH3 is 1. The van der Waals surface area contributed by atoms with E-state index in [0.717, 1.165) is 0 Å². The number of rotatable bonds is 9. The summed E-state index contributed by atoms with van der Waals surface area (Å²) in [5.41, 5.74) is 0. The third-order valence-electron chi connectivity index (χ3n) is 2.46. The van der Waals surface area contributed by atoms with Crippen LogP contribution in [-0.2, 0) is 19.1 Å². The third kappa shape index (κ3) is 7.61. The Balaban J connectivity index is 4.11. The molecule has 0 aromatic carbocycles. The monoisotopic (exact) mass is 261 g/mol. The molecule has 0 saturated carbocycles. The molecule has 1 amide bonds. The summed E-state index contributed by atoms with van der Waals surface area (Å²) in [7, 11) is 1.52. The standard InChI is InChI=1S/C11H19NO6/c1-7(18-2)3-5-9(13)12-8(11(16)17)4-6-10(14)15/h7-8H,3-6H2,1-2H3,(H,12,13)(H,14,15)(H,16,17). The number of ether oxygens (including phenoxy) is 1. The van der Waals surface area contributed by atoms with Crippen LogP contribution in [0.2, 0.25) is 0 Å². The minimum Gasteiger partial charge on any atom is -0.481 e. The van der Waals surface area contributed by atoms with Crippen LogP contribution in [0.15, 0.2) is 0 Å². The molecule has 2 unspecified atom stereocenters. The lowest BCUT2D eigenvalue weighted by molar-refractivity contribution is -0.143. The van der Waals surface area contributed by atoms with Gasteiger partial charge >= 0.3 is 11.9 Å². The van der Waals surface area contributed by atoms with Crippen LogP contribution in [0.5, 0.6) is 0 Å².